The Bertz CT molecular complexity index is 606. The molecule has 0 saturated heterocycles. The van der Waals surface area contributed by atoms with Gasteiger partial charge in [-0.2, -0.15) is 16.3 Å². The standard InChI is InChI=1S/C18H27N5S/c1-23(2)17-7-9-20-18(22-17)21-16-5-3-14(4-6-16)11-19-12-15-8-10-24-13-15/h7-10,13-14,16,19H,3-6,11-12H2,1-2H3,(H,20,21,22)/t14-,16+. The van der Waals surface area contributed by atoms with Crippen LogP contribution in [0.15, 0.2) is 29.1 Å². The van der Waals surface area contributed by atoms with Gasteiger partial charge in [-0.25, -0.2) is 4.98 Å². The van der Waals surface area contributed by atoms with Crippen molar-refractivity contribution in [1.29, 1.82) is 0 Å². The Labute approximate surface area is 148 Å². The molecule has 2 aromatic rings. The normalized spacial score (nSPS) is 20.8. The number of nitrogens with one attached hydrogen (secondary N) is 2. The number of hydrogen-bond acceptors (Lipinski definition) is 6. The lowest BCUT2D eigenvalue weighted by molar-refractivity contribution is 0.324. The van der Waals surface area contributed by atoms with Gasteiger partial charge in [-0.05, 0) is 66.6 Å². The van der Waals surface area contributed by atoms with Crippen LogP contribution in [-0.4, -0.2) is 36.6 Å². The third-order valence-corrected chi connectivity index (χ3v) is 5.35. The summed E-state index contributed by atoms with van der Waals surface area (Å²) in [6, 6.07) is 4.62. The zero-order chi connectivity index (χ0) is 16.8. The Kier molecular flexibility index (Phi) is 6.04. The largest absolute Gasteiger partial charge is 0.363 e. The smallest absolute Gasteiger partial charge is 0.224 e. The number of rotatable bonds is 7. The van der Waals surface area contributed by atoms with Crippen LogP contribution >= 0.6 is 11.3 Å². The molecule has 0 amide bonds. The maximum Gasteiger partial charge on any atom is 0.224 e. The highest BCUT2D eigenvalue weighted by Crippen LogP contribution is 2.26. The van der Waals surface area contributed by atoms with Gasteiger partial charge in [0.1, 0.15) is 5.82 Å². The molecular formula is C18H27N5S. The summed E-state index contributed by atoms with van der Waals surface area (Å²) in [7, 11) is 4.00. The number of anilines is 2. The molecule has 24 heavy (non-hydrogen) atoms. The van der Waals surface area contributed by atoms with Crippen molar-refractivity contribution in [3.8, 4) is 0 Å². The first kappa shape index (κ1) is 17.2. The van der Waals surface area contributed by atoms with Gasteiger partial charge >= 0.3 is 0 Å². The van der Waals surface area contributed by atoms with Crippen molar-refractivity contribution >= 4 is 23.1 Å². The van der Waals surface area contributed by atoms with Crippen molar-refractivity contribution in [1.82, 2.24) is 15.3 Å². The molecule has 2 heterocycles. The van der Waals surface area contributed by atoms with Gasteiger partial charge in [0.05, 0.1) is 0 Å². The number of aromatic nitrogens is 2. The minimum absolute atomic E-state index is 0.496. The van der Waals surface area contributed by atoms with Crippen molar-refractivity contribution in [3.63, 3.8) is 0 Å². The minimum Gasteiger partial charge on any atom is -0.363 e. The quantitative estimate of drug-likeness (QED) is 0.806. The van der Waals surface area contributed by atoms with Crippen LogP contribution in [0.5, 0.6) is 0 Å². The number of hydrogen-bond donors (Lipinski definition) is 2. The Hall–Kier alpha value is -1.66. The Morgan fingerprint density at radius 1 is 1.21 bits per heavy atom. The molecule has 130 valence electrons. The molecule has 0 aliphatic heterocycles. The van der Waals surface area contributed by atoms with Gasteiger partial charge in [-0.15, -0.1) is 0 Å². The van der Waals surface area contributed by atoms with Crippen LogP contribution in [-0.2, 0) is 6.54 Å². The zero-order valence-corrected chi connectivity index (χ0v) is 15.4. The molecule has 5 nitrogen and oxygen atoms in total. The van der Waals surface area contributed by atoms with Crippen LogP contribution in [0.1, 0.15) is 31.2 Å². The molecule has 0 unspecified atom stereocenters. The van der Waals surface area contributed by atoms with Crippen molar-refractivity contribution in [3.05, 3.63) is 34.7 Å². The van der Waals surface area contributed by atoms with E-state index >= 15 is 0 Å². The predicted octanol–water partition coefficient (Wildman–Crippen LogP) is 3.36. The van der Waals surface area contributed by atoms with Gasteiger partial charge in [-0.1, -0.05) is 0 Å². The fraction of sp³-hybridized carbons (Fsp3) is 0.556. The summed E-state index contributed by atoms with van der Waals surface area (Å²) in [5.41, 5.74) is 1.40. The summed E-state index contributed by atoms with van der Waals surface area (Å²) in [6.07, 6.45) is 6.74. The van der Waals surface area contributed by atoms with Gasteiger partial charge in [0.25, 0.3) is 0 Å². The van der Waals surface area contributed by atoms with E-state index in [4.69, 9.17) is 0 Å². The van der Waals surface area contributed by atoms with Gasteiger partial charge in [0.2, 0.25) is 5.95 Å². The second-order valence-corrected chi connectivity index (χ2v) is 7.54. The maximum absolute atomic E-state index is 4.56. The maximum atomic E-state index is 4.56. The molecule has 0 spiro atoms. The van der Waals surface area contributed by atoms with Crippen molar-refractivity contribution in [2.24, 2.45) is 5.92 Å². The van der Waals surface area contributed by atoms with E-state index in [0.29, 0.717) is 6.04 Å². The summed E-state index contributed by atoms with van der Waals surface area (Å²) >= 11 is 1.77. The molecule has 0 radical (unpaired) electrons. The highest BCUT2D eigenvalue weighted by atomic mass is 32.1. The summed E-state index contributed by atoms with van der Waals surface area (Å²) < 4.78 is 0. The predicted molar refractivity (Wildman–Crippen MR) is 102 cm³/mol. The third kappa shape index (κ3) is 4.92. The average molecular weight is 346 g/mol. The van der Waals surface area contributed by atoms with Gasteiger partial charge in [-0.3, -0.25) is 0 Å². The van der Waals surface area contributed by atoms with Gasteiger partial charge < -0.3 is 15.5 Å². The highest BCUT2D eigenvalue weighted by Gasteiger charge is 2.21. The van der Waals surface area contributed by atoms with E-state index < -0.39 is 0 Å². The summed E-state index contributed by atoms with van der Waals surface area (Å²) in [5.74, 6) is 2.48. The van der Waals surface area contributed by atoms with E-state index in [-0.39, 0.29) is 0 Å². The topological polar surface area (TPSA) is 53.1 Å². The average Bonchev–Trinajstić information content (AvgIpc) is 3.10. The number of nitrogens with zero attached hydrogens (tertiary/aromatic N) is 3. The van der Waals surface area contributed by atoms with Crippen LogP contribution in [0.25, 0.3) is 0 Å². The molecule has 1 fully saturated rings. The summed E-state index contributed by atoms with van der Waals surface area (Å²) in [6.45, 7) is 2.11. The van der Waals surface area contributed by atoms with Crippen LogP contribution in [0.3, 0.4) is 0 Å². The number of thiophene rings is 1. The van der Waals surface area contributed by atoms with Crippen LogP contribution in [0.4, 0.5) is 11.8 Å². The molecule has 2 aromatic heterocycles. The van der Waals surface area contributed by atoms with Gasteiger partial charge in [0, 0.05) is 32.9 Å². The molecule has 0 atom stereocenters. The van der Waals surface area contributed by atoms with E-state index in [1.807, 2.05) is 31.3 Å². The molecule has 0 aromatic carbocycles. The van der Waals surface area contributed by atoms with Gasteiger partial charge in [0.15, 0.2) is 0 Å². The lowest BCUT2D eigenvalue weighted by Crippen LogP contribution is -2.31. The Morgan fingerprint density at radius 3 is 2.75 bits per heavy atom. The Balaban J connectivity index is 1.39. The minimum atomic E-state index is 0.496. The molecule has 0 bridgehead atoms. The molecule has 1 aliphatic rings. The van der Waals surface area contributed by atoms with E-state index in [1.54, 1.807) is 11.3 Å². The first-order chi connectivity index (χ1) is 11.7. The zero-order valence-electron chi connectivity index (χ0n) is 14.5. The second-order valence-electron chi connectivity index (χ2n) is 6.76. The van der Waals surface area contributed by atoms with Crippen molar-refractivity contribution in [2.45, 2.75) is 38.3 Å². The Morgan fingerprint density at radius 2 is 2.04 bits per heavy atom. The molecule has 3 rings (SSSR count). The lowest BCUT2D eigenvalue weighted by atomic mass is 9.86. The molecule has 2 N–H and O–H groups in total. The van der Waals surface area contributed by atoms with E-state index in [0.717, 1.165) is 30.8 Å². The highest BCUT2D eigenvalue weighted by molar-refractivity contribution is 7.07. The fourth-order valence-corrected chi connectivity index (χ4v) is 3.84. The second kappa shape index (κ2) is 8.44. The van der Waals surface area contributed by atoms with Crippen LogP contribution < -0.4 is 15.5 Å². The van der Waals surface area contributed by atoms with Crippen molar-refractivity contribution in [2.75, 3.05) is 30.9 Å². The first-order valence-corrected chi connectivity index (χ1v) is 9.63. The van der Waals surface area contributed by atoms with Crippen LogP contribution in [0.2, 0.25) is 0 Å². The summed E-state index contributed by atoms with van der Waals surface area (Å²) in [5, 5.41) is 11.5. The first-order valence-electron chi connectivity index (χ1n) is 8.69. The van der Waals surface area contributed by atoms with E-state index in [9.17, 15) is 0 Å². The fourth-order valence-electron chi connectivity index (χ4n) is 3.18. The summed E-state index contributed by atoms with van der Waals surface area (Å²) in [4.78, 5) is 10.9. The molecule has 6 heteroatoms. The monoisotopic (exact) mass is 345 g/mol. The SMILES string of the molecule is CN(C)c1ccnc(N[C@H]2CC[C@@H](CNCc3ccsc3)CC2)n1. The lowest BCUT2D eigenvalue weighted by Gasteiger charge is -2.29. The van der Waals surface area contributed by atoms with Crippen molar-refractivity contribution < 1.29 is 0 Å². The third-order valence-electron chi connectivity index (χ3n) is 4.62. The van der Waals surface area contributed by atoms with E-state index in [2.05, 4.69) is 37.4 Å². The molecular weight excluding hydrogens is 318 g/mol. The van der Waals surface area contributed by atoms with Crippen LogP contribution in [0, 0.1) is 5.92 Å². The molecule has 1 saturated carbocycles. The molecule has 1 aliphatic carbocycles. The van der Waals surface area contributed by atoms with E-state index in [1.165, 1.54) is 31.2 Å².